The van der Waals surface area contributed by atoms with Crippen molar-refractivity contribution in [3.05, 3.63) is 46.9 Å². The lowest BCUT2D eigenvalue weighted by molar-refractivity contribution is 0.686. The molecule has 19 heavy (non-hydrogen) atoms. The van der Waals surface area contributed by atoms with Gasteiger partial charge < -0.3 is 5.73 Å². The van der Waals surface area contributed by atoms with Gasteiger partial charge in [-0.25, -0.2) is 9.97 Å². The van der Waals surface area contributed by atoms with Crippen molar-refractivity contribution >= 4 is 0 Å². The van der Waals surface area contributed by atoms with Crippen LogP contribution in [-0.2, 0) is 19.4 Å². The molecule has 1 heterocycles. The molecule has 3 rings (SSSR count). The first-order valence-corrected chi connectivity index (χ1v) is 6.93. The molecule has 0 saturated carbocycles. The SMILES string of the molecule is Cc1cc(-c2ccc3c(c2)CCCC3)nc(CN)n1. The lowest BCUT2D eigenvalue weighted by atomic mass is 9.90. The van der Waals surface area contributed by atoms with Crippen molar-refractivity contribution < 1.29 is 0 Å². The number of rotatable bonds is 2. The minimum Gasteiger partial charge on any atom is -0.324 e. The third kappa shape index (κ3) is 2.51. The van der Waals surface area contributed by atoms with Crippen molar-refractivity contribution in [3.8, 4) is 11.3 Å². The van der Waals surface area contributed by atoms with Crippen LogP contribution < -0.4 is 5.73 Å². The quantitative estimate of drug-likeness (QED) is 0.895. The van der Waals surface area contributed by atoms with Gasteiger partial charge in [-0.2, -0.15) is 0 Å². The van der Waals surface area contributed by atoms with Crippen LogP contribution in [0.1, 0.15) is 35.5 Å². The van der Waals surface area contributed by atoms with Crippen molar-refractivity contribution in [1.82, 2.24) is 9.97 Å². The van der Waals surface area contributed by atoms with Gasteiger partial charge in [0.05, 0.1) is 12.2 Å². The summed E-state index contributed by atoms with van der Waals surface area (Å²) < 4.78 is 0. The first-order chi connectivity index (χ1) is 9.26. The van der Waals surface area contributed by atoms with Crippen LogP contribution in [0.15, 0.2) is 24.3 Å². The van der Waals surface area contributed by atoms with Crippen LogP contribution in [0.4, 0.5) is 0 Å². The summed E-state index contributed by atoms with van der Waals surface area (Å²) in [5.74, 6) is 0.715. The fourth-order valence-corrected chi connectivity index (χ4v) is 2.76. The highest BCUT2D eigenvalue weighted by Crippen LogP contribution is 2.26. The van der Waals surface area contributed by atoms with Crippen molar-refractivity contribution in [1.29, 1.82) is 0 Å². The Hall–Kier alpha value is -1.74. The second-order valence-corrected chi connectivity index (χ2v) is 5.21. The molecule has 0 amide bonds. The zero-order chi connectivity index (χ0) is 13.2. The molecule has 1 aromatic heterocycles. The van der Waals surface area contributed by atoms with Gasteiger partial charge in [0.15, 0.2) is 0 Å². The smallest absolute Gasteiger partial charge is 0.142 e. The number of nitrogens with zero attached hydrogens (tertiary/aromatic N) is 2. The summed E-state index contributed by atoms with van der Waals surface area (Å²) in [6.45, 7) is 2.38. The number of fused-ring (bicyclic) bond motifs is 1. The minimum atomic E-state index is 0.389. The predicted molar refractivity (Wildman–Crippen MR) is 76.7 cm³/mol. The van der Waals surface area contributed by atoms with Crippen LogP contribution in [0.5, 0.6) is 0 Å². The molecule has 1 aliphatic rings. The summed E-state index contributed by atoms with van der Waals surface area (Å²) in [6.07, 6.45) is 5.02. The fourth-order valence-electron chi connectivity index (χ4n) is 2.76. The Labute approximate surface area is 113 Å². The molecule has 0 unspecified atom stereocenters. The summed E-state index contributed by atoms with van der Waals surface area (Å²) in [7, 11) is 0. The van der Waals surface area contributed by atoms with Gasteiger partial charge in [-0.1, -0.05) is 12.1 Å². The maximum atomic E-state index is 5.65. The van der Waals surface area contributed by atoms with E-state index in [0.717, 1.165) is 11.4 Å². The van der Waals surface area contributed by atoms with E-state index in [1.807, 2.05) is 13.0 Å². The topological polar surface area (TPSA) is 51.8 Å². The molecule has 0 aliphatic heterocycles. The normalized spacial score (nSPS) is 14.2. The van der Waals surface area contributed by atoms with Crippen LogP contribution in [0.25, 0.3) is 11.3 Å². The molecular weight excluding hydrogens is 234 g/mol. The monoisotopic (exact) mass is 253 g/mol. The summed E-state index contributed by atoms with van der Waals surface area (Å²) in [5, 5.41) is 0. The Bertz CT molecular complexity index is 605. The van der Waals surface area contributed by atoms with Crippen molar-refractivity contribution in [2.45, 2.75) is 39.2 Å². The van der Waals surface area contributed by atoms with Gasteiger partial charge in [-0.15, -0.1) is 0 Å². The van der Waals surface area contributed by atoms with Gasteiger partial charge in [-0.05, 0) is 55.9 Å². The maximum absolute atomic E-state index is 5.65. The predicted octanol–water partition coefficient (Wildman–Crippen LogP) is 2.79. The fraction of sp³-hybridized carbons (Fsp3) is 0.375. The molecule has 0 radical (unpaired) electrons. The summed E-state index contributed by atoms with van der Waals surface area (Å²) >= 11 is 0. The number of hydrogen-bond acceptors (Lipinski definition) is 3. The third-order valence-electron chi connectivity index (χ3n) is 3.73. The van der Waals surface area contributed by atoms with Crippen LogP contribution in [0.2, 0.25) is 0 Å². The average molecular weight is 253 g/mol. The third-order valence-corrected chi connectivity index (χ3v) is 3.73. The molecule has 2 N–H and O–H groups in total. The lowest BCUT2D eigenvalue weighted by Crippen LogP contribution is -2.06. The van der Waals surface area contributed by atoms with Gasteiger partial charge in [0.2, 0.25) is 0 Å². The largest absolute Gasteiger partial charge is 0.324 e. The first-order valence-electron chi connectivity index (χ1n) is 6.93. The van der Waals surface area contributed by atoms with Crippen molar-refractivity contribution in [2.75, 3.05) is 0 Å². The van der Waals surface area contributed by atoms with E-state index in [4.69, 9.17) is 5.73 Å². The Morgan fingerprint density at radius 1 is 1.05 bits per heavy atom. The number of benzene rings is 1. The minimum absolute atomic E-state index is 0.389. The zero-order valence-corrected chi connectivity index (χ0v) is 11.3. The second-order valence-electron chi connectivity index (χ2n) is 5.21. The molecule has 3 heteroatoms. The zero-order valence-electron chi connectivity index (χ0n) is 11.3. The lowest BCUT2D eigenvalue weighted by Gasteiger charge is -2.16. The highest BCUT2D eigenvalue weighted by atomic mass is 14.9. The van der Waals surface area contributed by atoms with E-state index in [0.29, 0.717) is 12.4 Å². The van der Waals surface area contributed by atoms with E-state index >= 15 is 0 Å². The van der Waals surface area contributed by atoms with E-state index in [-0.39, 0.29) is 0 Å². The van der Waals surface area contributed by atoms with Gasteiger partial charge in [0.1, 0.15) is 5.82 Å². The standard InChI is InChI=1S/C16H19N3/c1-11-8-15(19-16(10-17)18-11)14-7-6-12-4-2-3-5-13(12)9-14/h6-9H,2-5,10,17H2,1H3. The molecule has 98 valence electrons. The number of aryl methyl sites for hydroxylation is 3. The molecule has 2 aromatic rings. The van der Waals surface area contributed by atoms with Crippen LogP contribution in [0.3, 0.4) is 0 Å². The number of hydrogen-bond donors (Lipinski definition) is 1. The Balaban J connectivity index is 2.04. The van der Waals surface area contributed by atoms with Gasteiger partial charge in [0.25, 0.3) is 0 Å². The van der Waals surface area contributed by atoms with Crippen LogP contribution in [-0.4, -0.2) is 9.97 Å². The molecule has 3 nitrogen and oxygen atoms in total. The molecule has 0 fully saturated rings. The molecule has 1 aliphatic carbocycles. The first kappa shape index (κ1) is 12.3. The van der Waals surface area contributed by atoms with Crippen LogP contribution in [0, 0.1) is 6.92 Å². The summed E-state index contributed by atoms with van der Waals surface area (Å²) in [4.78, 5) is 8.86. The average Bonchev–Trinajstić information content (AvgIpc) is 2.46. The molecule has 1 aromatic carbocycles. The number of nitrogens with two attached hydrogens (primary N) is 1. The molecule has 0 bridgehead atoms. The van der Waals surface area contributed by atoms with E-state index in [2.05, 4.69) is 28.2 Å². The molecular formula is C16H19N3. The van der Waals surface area contributed by atoms with E-state index in [1.165, 1.54) is 42.4 Å². The van der Waals surface area contributed by atoms with E-state index < -0.39 is 0 Å². The van der Waals surface area contributed by atoms with E-state index in [9.17, 15) is 0 Å². The van der Waals surface area contributed by atoms with Gasteiger partial charge in [-0.3, -0.25) is 0 Å². The van der Waals surface area contributed by atoms with E-state index in [1.54, 1.807) is 0 Å². The maximum Gasteiger partial charge on any atom is 0.142 e. The summed E-state index contributed by atoms with van der Waals surface area (Å²) in [6, 6.07) is 8.75. The Kier molecular flexibility index (Phi) is 3.30. The highest BCUT2D eigenvalue weighted by molar-refractivity contribution is 5.61. The molecule has 0 spiro atoms. The second kappa shape index (κ2) is 5.10. The number of aromatic nitrogens is 2. The molecule has 0 saturated heterocycles. The highest BCUT2D eigenvalue weighted by Gasteiger charge is 2.11. The van der Waals surface area contributed by atoms with Crippen LogP contribution >= 0.6 is 0 Å². The van der Waals surface area contributed by atoms with Gasteiger partial charge in [0, 0.05) is 11.3 Å². The van der Waals surface area contributed by atoms with Gasteiger partial charge >= 0.3 is 0 Å². The van der Waals surface area contributed by atoms with Crippen molar-refractivity contribution in [3.63, 3.8) is 0 Å². The summed E-state index contributed by atoms with van der Waals surface area (Å²) in [5.41, 5.74) is 11.8. The Morgan fingerprint density at radius 3 is 2.63 bits per heavy atom. The van der Waals surface area contributed by atoms with Crippen molar-refractivity contribution in [2.24, 2.45) is 5.73 Å². The Morgan fingerprint density at radius 2 is 1.84 bits per heavy atom. The molecule has 0 atom stereocenters.